The summed E-state index contributed by atoms with van der Waals surface area (Å²) >= 11 is 0. The molecule has 1 aliphatic heterocycles. The number of carbonyl (C=O) groups excluding carboxylic acids is 1. The third-order valence-corrected chi connectivity index (χ3v) is 3.52. The van der Waals surface area contributed by atoms with Crippen LogP contribution >= 0.6 is 0 Å². The number of nitrogens with zero attached hydrogens (tertiary/aromatic N) is 2. The molecule has 0 radical (unpaired) electrons. The Morgan fingerprint density at radius 3 is 2.78 bits per heavy atom. The first-order valence-corrected chi connectivity index (χ1v) is 6.57. The Kier molecular flexibility index (Phi) is 3.55. The number of hydrogen-bond donors (Lipinski definition) is 1. The summed E-state index contributed by atoms with van der Waals surface area (Å²) in [6, 6.07) is 3.88. The Morgan fingerprint density at radius 2 is 2.22 bits per heavy atom. The molecule has 18 heavy (non-hydrogen) atoms. The molecule has 0 spiro atoms. The second-order valence-corrected chi connectivity index (χ2v) is 5.35. The van der Waals surface area contributed by atoms with Crippen LogP contribution in [0.15, 0.2) is 12.1 Å². The Labute approximate surface area is 108 Å². The van der Waals surface area contributed by atoms with Crippen LogP contribution in [0.2, 0.25) is 0 Å². The SMILES string of the molecule is CC(C)c1cc(C(=O)N2CCCC2C)cc(N)n1. The highest BCUT2D eigenvalue weighted by Crippen LogP contribution is 2.22. The minimum absolute atomic E-state index is 0.0796. The van der Waals surface area contributed by atoms with Crippen LogP contribution < -0.4 is 5.73 Å². The van der Waals surface area contributed by atoms with Crippen molar-refractivity contribution in [2.24, 2.45) is 0 Å². The lowest BCUT2D eigenvalue weighted by Gasteiger charge is -2.22. The van der Waals surface area contributed by atoms with Gasteiger partial charge in [-0.05, 0) is 37.8 Å². The second kappa shape index (κ2) is 4.96. The summed E-state index contributed by atoms with van der Waals surface area (Å²) in [6.45, 7) is 7.04. The van der Waals surface area contributed by atoms with E-state index in [2.05, 4.69) is 25.8 Å². The zero-order chi connectivity index (χ0) is 13.3. The maximum atomic E-state index is 12.4. The molecule has 1 amide bonds. The quantitative estimate of drug-likeness (QED) is 0.873. The first-order chi connectivity index (χ1) is 8.49. The van der Waals surface area contributed by atoms with E-state index in [4.69, 9.17) is 5.73 Å². The Balaban J connectivity index is 2.30. The molecule has 1 unspecified atom stereocenters. The highest BCUT2D eigenvalue weighted by Gasteiger charge is 2.26. The molecule has 1 aromatic rings. The normalized spacial score (nSPS) is 19.6. The number of aromatic nitrogens is 1. The van der Waals surface area contributed by atoms with Crippen LogP contribution in [0.25, 0.3) is 0 Å². The van der Waals surface area contributed by atoms with Gasteiger partial charge in [0.15, 0.2) is 0 Å². The molecule has 1 saturated heterocycles. The van der Waals surface area contributed by atoms with E-state index in [1.54, 1.807) is 6.07 Å². The summed E-state index contributed by atoms with van der Waals surface area (Å²) in [5, 5.41) is 0. The molecular weight excluding hydrogens is 226 g/mol. The first-order valence-electron chi connectivity index (χ1n) is 6.57. The molecule has 1 atom stereocenters. The molecule has 4 heteroatoms. The van der Waals surface area contributed by atoms with E-state index < -0.39 is 0 Å². The van der Waals surface area contributed by atoms with Gasteiger partial charge >= 0.3 is 0 Å². The molecule has 1 fully saturated rings. The van der Waals surface area contributed by atoms with Crippen LogP contribution in [0.1, 0.15) is 55.6 Å². The van der Waals surface area contributed by atoms with Gasteiger partial charge in [-0.2, -0.15) is 0 Å². The van der Waals surface area contributed by atoms with Crippen LogP contribution in [-0.2, 0) is 0 Å². The summed E-state index contributed by atoms with van der Waals surface area (Å²) in [5.74, 6) is 0.781. The van der Waals surface area contributed by atoms with Crippen LogP contribution in [0.5, 0.6) is 0 Å². The highest BCUT2D eigenvalue weighted by atomic mass is 16.2. The van der Waals surface area contributed by atoms with Gasteiger partial charge in [0.05, 0.1) is 0 Å². The fraction of sp³-hybridized carbons (Fsp3) is 0.571. The molecule has 2 rings (SSSR count). The van der Waals surface area contributed by atoms with Crippen molar-refractivity contribution in [2.45, 2.75) is 45.6 Å². The van der Waals surface area contributed by atoms with Gasteiger partial charge in [0.1, 0.15) is 5.82 Å². The standard InChI is InChI=1S/C14H21N3O/c1-9(2)12-7-11(8-13(15)16-12)14(18)17-6-4-5-10(17)3/h7-10H,4-6H2,1-3H3,(H2,15,16). The molecule has 2 heterocycles. The average molecular weight is 247 g/mol. The molecule has 0 saturated carbocycles. The number of likely N-dealkylation sites (tertiary alicyclic amines) is 1. The smallest absolute Gasteiger partial charge is 0.254 e. The maximum Gasteiger partial charge on any atom is 0.254 e. The van der Waals surface area contributed by atoms with E-state index in [0.717, 1.165) is 25.1 Å². The van der Waals surface area contributed by atoms with Crippen molar-refractivity contribution in [3.05, 3.63) is 23.4 Å². The highest BCUT2D eigenvalue weighted by molar-refractivity contribution is 5.95. The first kappa shape index (κ1) is 12.9. The Morgan fingerprint density at radius 1 is 1.50 bits per heavy atom. The summed E-state index contributed by atoms with van der Waals surface area (Å²) in [4.78, 5) is 18.6. The van der Waals surface area contributed by atoms with Gasteiger partial charge in [-0.25, -0.2) is 4.98 Å². The van der Waals surface area contributed by atoms with Gasteiger partial charge in [0.2, 0.25) is 0 Å². The summed E-state index contributed by atoms with van der Waals surface area (Å²) in [6.07, 6.45) is 2.17. The predicted molar refractivity (Wildman–Crippen MR) is 72.5 cm³/mol. The zero-order valence-corrected chi connectivity index (χ0v) is 11.3. The maximum absolute atomic E-state index is 12.4. The van der Waals surface area contributed by atoms with Crippen molar-refractivity contribution in [2.75, 3.05) is 12.3 Å². The minimum Gasteiger partial charge on any atom is -0.384 e. The van der Waals surface area contributed by atoms with Crippen LogP contribution in [0.3, 0.4) is 0 Å². The monoisotopic (exact) mass is 247 g/mol. The van der Waals surface area contributed by atoms with Crippen molar-refractivity contribution in [1.82, 2.24) is 9.88 Å². The lowest BCUT2D eigenvalue weighted by Crippen LogP contribution is -2.33. The lowest BCUT2D eigenvalue weighted by atomic mass is 10.1. The fourth-order valence-corrected chi connectivity index (χ4v) is 2.39. The molecule has 1 aliphatic rings. The number of carbonyl (C=O) groups is 1. The number of hydrogen-bond acceptors (Lipinski definition) is 3. The van der Waals surface area contributed by atoms with E-state index in [9.17, 15) is 4.79 Å². The minimum atomic E-state index is 0.0796. The molecule has 0 aliphatic carbocycles. The molecular formula is C14H21N3O. The summed E-state index contributed by atoms with van der Waals surface area (Å²) in [7, 11) is 0. The Hall–Kier alpha value is -1.58. The summed E-state index contributed by atoms with van der Waals surface area (Å²) < 4.78 is 0. The van der Waals surface area contributed by atoms with E-state index in [-0.39, 0.29) is 11.8 Å². The average Bonchev–Trinajstić information content (AvgIpc) is 2.73. The predicted octanol–water partition coefficient (Wildman–Crippen LogP) is 2.41. The second-order valence-electron chi connectivity index (χ2n) is 5.35. The number of pyridine rings is 1. The van der Waals surface area contributed by atoms with E-state index >= 15 is 0 Å². The largest absolute Gasteiger partial charge is 0.384 e. The molecule has 98 valence electrons. The van der Waals surface area contributed by atoms with Gasteiger partial charge in [-0.3, -0.25) is 4.79 Å². The van der Waals surface area contributed by atoms with Gasteiger partial charge in [-0.1, -0.05) is 13.8 Å². The van der Waals surface area contributed by atoms with Gasteiger partial charge in [0, 0.05) is 23.8 Å². The number of nitrogens with two attached hydrogens (primary N) is 1. The van der Waals surface area contributed by atoms with Crippen molar-refractivity contribution >= 4 is 11.7 Å². The van der Waals surface area contributed by atoms with Crippen LogP contribution in [-0.4, -0.2) is 28.4 Å². The van der Waals surface area contributed by atoms with E-state index in [1.165, 1.54) is 0 Å². The van der Waals surface area contributed by atoms with Crippen molar-refractivity contribution < 1.29 is 4.79 Å². The molecule has 2 N–H and O–H groups in total. The summed E-state index contributed by atoms with van der Waals surface area (Å²) in [5.41, 5.74) is 7.33. The van der Waals surface area contributed by atoms with Crippen LogP contribution in [0, 0.1) is 0 Å². The van der Waals surface area contributed by atoms with Crippen molar-refractivity contribution in [1.29, 1.82) is 0 Å². The lowest BCUT2D eigenvalue weighted by molar-refractivity contribution is 0.0747. The fourth-order valence-electron chi connectivity index (χ4n) is 2.39. The van der Waals surface area contributed by atoms with Gasteiger partial charge in [-0.15, -0.1) is 0 Å². The zero-order valence-electron chi connectivity index (χ0n) is 11.3. The Bertz CT molecular complexity index is 456. The van der Waals surface area contributed by atoms with Gasteiger partial charge in [0.25, 0.3) is 5.91 Å². The van der Waals surface area contributed by atoms with Gasteiger partial charge < -0.3 is 10.6 Å². The molecule has 4 nitrogen and oxygen atoms in total. The van der Waals surface area contributed by atoms with Crippen molar-refractivity contribution in [3.63, 3.8) is 0 Å². The topological polar surface area (TPSA) is 59.2 Å². The molecule has 0 aromatic carbocycles. The third-order valence-electron chi connectivity index (χ3n) is 3.52. The number of amides is 1. The number of anilines is 1. The molecule has 0 bridgehead atoms. The molecule has 1 aromatic heterocycles. The van der Waals surface area contributed by atoms with E-state index in [0.29, 0.717) is 17.4 Å². The number of nitrogen functional groups attached to an aromatic ring is 1. The van der Waals surface area contributed by atoms with E-state index in [1.807, 2.05) is 11.0 Å². The number of rotatable bonds is 2. The van der Waals surface area contributed by atoms with Crippen molar-refractivity contribution in [3.8, 4) is 0 Å². The van der Waals surface area contributed by atoms with Crippen LogP contribution in [0.4, 0.5) is 5.82 Å². The third kappa shape index (κ3) is 2.47.